The number of sulfonamides is 1. The van der Waals surface area contributed by atoms with E-state index in [1.807, 2.05) is 30.3 Å². The topological polar surface area (TPSA) is 80.8 Å². The van der Waals surface area contributed by atoms with Gasteiger partial charge in [0.1, 0.15) is 6.04 Å². The Kier molecular flexibility index (Phi) is 5.51. The minimum Gasteiger partial charge on any atom is -0.465 e. The maximum atomic E-state index is 13.4. The first-order valence-corrected chi connectivity index (χ1v) is 11.0. The Bertz CT molecular complexity index is 898. The first-order valence-electron chi connectivity index (χ1n) is 9.54. The van der Waals surface area contributed by atoms with Gasteiger partial charge in [0.25, 0.3) is 0 Å². The van der Waals surface area contributed by atoms with Gasteiger partial charge >= 0.3 is 5.97 Å². The van der Waals surface area contributed by atoms with Crippen LogP contribution in [0.2, 0.25) is 0 Å². The van der Waals surface area contributed by atoms with Gasteiger partial charge in [0.2, 0.25) is 10.0 Å². The maximum Gasteiger partial charge on any atom is 0.325 e. The molecule has 2 aliphatic rings. The number of ether oxygens (including phenoxy) is 1. The summed E-state index contributed by atoms with van der Waals surface area (Å²) in [6, 6.07) is 8.34. The number of rotatable bonds is 4. The van der Waals surface area contributed by atoms with Crippen molar-refractivity contribution in [1.82, 2.24) is 4.31 Å². The fourth-order valence-electron chi connectivity index (χ4n) is 4.09. The molecular weight excluding hydrogens is 378 g/mol. The summed E-state index contributed by atoms with van der Waals surface area (Å²) in [6.45, 7) is 6.74. The van der Waals surface area contributed by atoms with Gasteiger partial charge in [0.05, 0.1) is 11.4 Å². The third-order valence-corrected chi connectivity index (χ3v) is 7.98. The molecule has 7 heteroatoms. The number of carbonyl (C=O) groups is 2. The maximum absolute atomic E-state index is 13.4. The summed E-state index contributed by atoms with van der Waals surface area (Å²) in [6.07, 6.45) is 1.83. The molecule has 1 heterocycles. The molecule has 0 N–H and O–H groups in total. The van der Waals surface area contributed by atoms with Crippen LogP contribution in [0.4, 0.5) is 0 Å². The summed E-state index contributed by atoms with van der Waals surface area (Å²) in [5, 5.41) is 0. The molecule has 0 aromatic heterocycles. The van der Waals surface area contributed by atoms with Gasteiger partial charge in [-0.3, -0.25) is 9.59 Å². The molecule has 0 saturated carbocycles. The van der Waals surface area contributed by atoms with E-state index in [1.165, 1.54) is 4.31 Å². The predicted octanol–water partition coefficient (Wildman–Crippen LogP) is 2.66. The van der Waals surface area contributed by atoms with Gasteiger partial charge in [-0.15, -0.1) is 0 Å². The molecular formula is C21H27NO5S. The molecule has 1 aromatic rings. The van der Waals surface area contributed by atoms with Gasteiger partial charge in [-0.25, -0.2) is 8.42 Å². The zero-order valence-corrected chi connectivity index (χ0v) is 17.5. The number of benzene rings is 1. The lowest BCUT2D eigenvalue weighted by molar-refractivity contribution is -0.149. The lowest BCUT2D eigenvalue weighted by atomic mass is 9.74. The van der Waals surface area contributed by atoms with Crippen LogP contribution in [0.3, 0.4) is 0 Å². The lowest BCUT2D eigenvalue weighted by Gasteiger charge is -2.45. The molecule has 152 valence electrons. The van der Waals surface area contributed by atoms with Gasteiger partial charge in [-0.1, -0.05) is 30.3 Å². The first kappa shape index (κ1) is 20.7. The van der Waals surface area contributed by atoms with Crippen LogP contribution in [0.1, 0.15) is 45.6 Å². The molecule has 1 aromatic carbocycles. The largest absolute Gasteiger partial charge is 0.465 e. The highest BCUT2D eigenvalue weighted by Gasteiger charge is 2.53. The van der Waals surface area contributed by atoms with E-state index in [4.69, 9.17) is 4.74 Å². The predicted molar refractivity (Wildman–Crippen MR) is 106 cm³/mol. The van der Waals surface area contributed by atoms with Crippen molar-refractivity contribution in [1.29, 1.82) is 0 Å². The normalized spacial score (nSPS) is 25.9. The fraction of sp³-hybridized carbons (Fsp3) is 0.524. The Morgan fingerprint density at radius 2 is 1.86 bits per heavy atom. The highest BCUT2D eigenvalue weighted by atomic mass is 32.2. The number of hydrogen-bond acceptors (Lipinski definition) is 5. The molecule has 0 amide bonds. The Balaban J connectivity index is 2.19. The smallest absolute Gasteiger partial charge is 0.325 e. The number of fused-ring (bicyclic) bond motifs is 1. The van der Waals surface area contributed by atoms with Gasteiger partial charge in [0.15, 0.2) is 5.78 Å². The second kappa shape index (κ2) is 7.44. The Morgan fingerprint density at radius 1 is 1.21 bits per heavy atom. The van der Waals surface area contributed by atoms with Crippen molar-refractivity contribution in [3.63, 3.8) is 0 Å². The van der Waals surface area contributed by atoms with E-state index in [1.54, 1.807) is 33.8 Å². The second-order valence-electron chi connectivity index (χ2n) is 8.29. The average Bonchev–Trinajstić information content (AvgIpc) is 2.99. The van der Waals surface area contributed by atoms with Crippen LogP contribution in [-0.4, -0.2) is 48.4 Å². The minimum absolute atomic E-state index is 0.0291. The zero-order valence-electron chi connectivity index (χ0n) is 16.7. The van der Waals surface area contributed by atoms with Crippen molar-refractivity contribution in [2.75, 3.05) is 13.2 Å². The molecule has 0 bridgehead atoms. The fourth-order valence-corrected chi connectivity index (χ4v) is 5.63. The molecule has 3 atom stereocenters. The van der Waals surface area contributed by atoms with Crippen molar-refractivity contribution in [3.05, 3.63) is 47.5 Å². The van der Waals surface area contributed by atoms with E-state index < -0.39 is 32.7 Å². The number of nitrogens with zero attached hydrogens (tertiary/aromatic N) is 1. The summed E-state index contributed by atoms with van der Waals surface area (Å²) < 4.78 is 32.2. The van der Waals surface area contributed by atoms with E-state index in [-0.39, 0.29) is 31.3 Å². The molecule has 0 unspecified atom stereocenters. The third kappa shape index (κ3) is 3.53. The van der Waals surface area contributed by atoms with Crippen LogP contribution in [0.25, 0.3) is 0 Å². The molecule has 3 rings (SSSR count). The van der Waals surface area contributed by atoms with Crippen LogP contribution in [0, 0.1) is 5.92 Å². The summed E-state index contributed by atoms with van der Waals surface area (Å²) in [5.74, 6) is -1.26. The number of hydrogen-bond donors (Lipinski definition) is 0. The first-order chi connectivity index (χ1) is 13.1. The van der Waals surface area contributed by atoms with Gasteiger partial charge in [-0.2, -0.15) is 4.31 Å². The molecule has 0 spiro atoms. The Hall–Kier alpha value is -1.99. The van der Waals surface area contributed by atoms with Crippen LogP contribution in [-0.2, 0) is 24.3 Å². The summed E-state index contributed by atoms with van der Waals surface area (Å²) in [4.78, 5) is 25.2. The van der Waals surface area contributed by atoms with Crippen molar-refractivity contribution in [2.24, 2.45) is 5.92 Å². The van der Waals surface area contributed by atoms with E-state index in [0.29, 0.717) is 0 Å². The van der Waals surface area contributed by atoms with Gasteiger partial charge < -0.3 is 4.74 Å². The van der Waals surface area contributed by atoms with Crippen LogP contribution in [0.15, 0.2) is 42.0 Å². The SMILES string of the molecule is CCOC(=O)[C@@H]1[C@H](c2ccccc2)[C@H]2CC(=O)C=C2CN1S(=O)(=O)C(C)(C)C. The number of ketones is 1. The molecule has 1 aliphatic carbocycles. The summed E-state index contributed by atoms with van der Waals surface area (Å²) >= 11 is 0. The van der Waals surface area contributed by atoms with E-state index in [0.717, 1.165) is 11.1 Å². The quantitative estimate of drug-likeness (QED) is 0.720. The number of carbonyl (C=O) groups excluding carboxylic acids is 2. The molecule has 0 radical (unpaired) electrons. The summed E-state index contributed by atoms with van der Waals surface area (Å²) in [7, 11) is -3.83. The van der Waals surface area contributed by atoms with Crippen molar-refractivity contribution >= 4 is 21.8 Å². The number of piperidine rings is 1. The lowest BCUT2D eigenvalue weighted by Crippen LogP contribution is -2.58. The van der Waals surface area contributed by atoms with E-state index in [9.17, 15) is 18.0 Å². The van der Waals surface area contributed by atoms with Gasteiger partial charge in [0, 0.05) is 18.9 Å². The molecule has 1 fully saturated rings. The molecule has 28 heavy (non-hydrogen) atoms. The summed E-state index contributed by atoms with van der Waals surface area (Å²) in [5.41, 5.74) is 1.60. The Labute approximate surface area is 166 Å². The van der Waals surface area contributed by atoms with E-state index >= 15 is 0 Å². The number of esters is 1. The van der Waals surface area contributed by atoms with Crippen molar-refractivity contribution in [3.8, 4) is 0 Å². The van der Waals surface area contributed by atoms with Crippen molar-refractivity contribution < 1.29 is 22.7 Å². The zero-order chi connectivity index (χ0) is 20.7. The average molecular weight is 406 g/mol. The minimum atomic E-state index is -3.83. The molecule has 1 saturated heterocycles. The van der Waals surface area contributed by atoms with Crippen LogP contribution >= 0.6 is 0 Å². The monoisotopic (exact) mass is 405 g/mol. The van der Waals surface area contributed by atoms with Gasteiger partial charge in [-0.05, 0) is 50.8 Å². The molecule has 6 nitrogen and oxygen atoms in total. The Morgan fingerprint density at radius 3 is 2.43 bits per heavy atom. The van der Waals surface area contributed by atoms with Crippen molar-refractivity contribution in [2.45, 2.75) is 50.8 Å². The third-order valence-electron chi connectivity index (χ3n) is 5.46. The highest BCUT2D eigenvalue weighted by Crippen LogP contribution is 2.47. The molecule has 1 aliphatic heterocycles. The standard InChI is InChI=1S/C21H27NO5S/c1-5-27-20(24)19-18(14-9-7-6-8-10-14)17-12-16(23)11-15(17)13-22(19)28(25,26)21(2,3)4/h6-11,17-19H,5,12-13H2,1-4H3/t17-,18+,19-/m0/s1. The second-order valence-corrected chi connectivity index (χ2v) is 10.9. The number of allylic oxidation sites excluding steroid dienone is 1. The van der Waals surface area contributed by atoms with E-state index in [2.05, 4.69) is 0 Å². The highest BCUT2D eigenvalue weighted by molar-refractivity contribution is 7.90. The van der Waals surface area contributed by atoms with Crippen LogP contribution < -0.4 is 0 Å². The van der Waals surface area contributed by atoms with Crippen LogP contribution in [0.5, 0.6) is 0 Å².